The fraction of sp³-hybridized carbons (Fsp3) is 0.417. The lowest BCUT2D eigenvalue weighted by Gasteiger charge is -2.24. The van der Waals surface area contributed by atoms with E-state index in [1.807, 2.05) is 59.5 Å². The number of carbonyl (C=O) groups excluding carboxylic acids is 2. The smallest absolute Gasteiger partial charge is 0.251 e. The minimum Gasteiger partial charge on any atom is -0.349 e. The second-order valence-electron chi connectivity index (χ2n) is 7.95. The molecule has 29 heavy (non-hydrogen) atoms. The standard InChI is InChI=1S/C24H28N2O2S/c27-22-17-29-24(26(22)16-18-8-4-3-5-9-18)20-14-12-19(13-15-20)23(28)25-21-10-6-1-2-7-11-21/h3-5,8-9,12-15,21,24H,1-2,6-7,10-11,16-17H2,(H,25,28)/t24-/m0/s1. The summed E-state index contributed by atoms with van der Waals surface area (Å²) in [5.74, 6) is 0.681. The van der Waals surface area contributed by atoms with Crippen molar-refractivity contribution in [1.29, 1.82) is 0 Å². The molecule has 1 aliphatic carbocycles. The molecular weight excluding hydrogens is 380 g/mol. The molecule has 2 aromatic carbocycles. The maximum atomic E-state index is 12.6. The van der Waals surface area contributed by atoms with E-state index in [9.17, 15) is 9.59 Å². The maximum Gasteiger partial charge on any atom is 0.251 e. The van der Waals surface area contributed by atoms with Crippen LogP contribution >= 0.6 is 11.8 Å². The molecule has 2 aliphatic rings. The highest BCUT2D eigenvalue weighted by Gasteiger charge is 2.32. The Bertz CT molecular complexity index is 830. The molecule has 0 bridgehead atoms. The van der Waals surface area contributed by atoms with E-state index < -0.39 is 0 Å². The molecule has 1 atom stereocenters. The number of carbonyl (C=O) groups is 2. The number of nitrogens with zero attached hydrogens (tertiary/aromatic N) is 1. The van der Waals surface area contributed by atoms with Crippen LogP contribution in [-0.2, 0) is 11.3 Å². The topological polar surface area (TPSA) is 49.4 Å². The van der Waals surface area contributed by atoms with Crippen LogP contribution in [0.4, 0.5) is 0 Å². The monoisotopic (exact) mass is 408 g/mol. The molecule has 1 saturated carbocycles. The third kappa shape index (κ3) is 5.02. The zero-order valence-corrected chi connectivity index (χ0v) is 17.5. The molecule has 2 fully saturated rings. The van der Waals surface area contributed by atoms with Crippen molar-refractivity contribution in [3.05, 3.63) is 71.3 Å². The Morgan fingerprint density at radius 2 is 1.66 bits per heavy atom. The molecule has 5 heteroatoms. The summed E-state index contributed by atoms with van der Waals surface area (Å²) in [4.78, 5) is 27.0. The van der Waals surface area contributed by atoms with E-state index in [0.29, 0.717) is 23.9 Å². The van der Waals surface area contributed by atoms with Gasteiger partial charge in [0.2, 0.25) is 5.91 Å². The van der Waals surface area contributed by atoms with Gasteiger partial charge in [-0.05, 0) is 36.1 Å². The number of rotatable bonds is 5. The predicted molar refractivity (Wildman–Crippen MR) is 118 cm³/mol. The van der Waals surface area contributed by atoms with Gasteiger partial charge < -0.3 is 10.2 Å². The zero-order chi connectivity index (χ0) is 20.1. The molecular formula is C24H28N2O2S. The van der Waals surface area contributed by atoms with Gasteiger partial charge in [0.15, 0.2) is 0 Å². The molecule has 4 rings (SSSR count). The van der Waals surface area contributed by atoms with E-state index in [-0.39, 0.29) is 17.2 Å². The van der Waals surface area contributed by atoms with Gasteiger partial charge in [-0.15, -0.1) is 11.8 Å². The summed E-state index contributed by atoms with van der Waals surface area (Å²) in [6, 6.07) is 18.2. The van der Waals surface area contributed by atoms with Gasteiger partial charge in [-0.25, -0.2) is 0 Å². The third-order valence-corrected chi connectivity index (χ3v) is 7.07. The molecule has 1 heterocycles. The van der Waals surface area contributed by atoms with Gasteiger partial charge in [0.1, 0.15) is 5.37 Å². The fourth-order valence-electron chi connectivity index (χ4n) is 4.17. The lowest BCUT2D eigenvalue weighted by atomic mass is 10.1. The molecule has 2 amide bonds. The van der Waals surface area contributed by atoms with Crippen molar-refractivity contribution >= 4 is 23.6 Å². The van der Waals surface area contributed by atoms with E-state index in [0.717, 1.165) is 24.0 Å². The van der Waals surface area contributed by atoms with Gasteiger partial charge in [-0.1, -0.05) is 68.1 Å². The summed E-state index contributed by atoms with van der Waals surface area (Å²) < 4.78 is 0. The van der Waals surface area contributed by atoms with Crippen LogP contribution in [0.25, 0.3) is 0 Å². The summed E-state index contributed by atoms with van der Waals surface area (Å²) in [6.45, 7) is 0.612. The second-order valence-corrected chi connectivity index (χ2v) is 9.02. The third-order valence-electron chi connectivity index (χ3n) is 5.81. The van der Waals surface area contributed by atoms with Crippen LogP contribution in [0.3, 0.4) is 0 Å². The summed E-state index contributed by atoms with van der Waals surface area (Å²) >= 11 is 1.65. The zero-order valence-electron chi connectivity index (χ0n) is 16.7. The highest BCUT2D eigenvalue weighted by molar-refractivity contribution is 8.00. The quantitative estimate of drug-likeness (QED) is 0.715. The second kappa shape index (κ2) is 9.49. The van der Waals surface area contributed by atoms with E-state index in [1.165, 1.54) is 25.7 Å². The van der Waals surface area contributed by atoms with Gasteiger partial charge in [0.05, 0.1) is 5.75 Å². The summed E-state index contributed by atoms with van der Waals surface area (Å²) in [5, 5.41) is 3.21. The summed E-state index contributed by atoms with van der Waals surface area (Å²) in [6.07, 6.45) is 7.12. The summed E-state index contributed by atoms with van der Waals surface area (Å²) in [7, 11) is 0. The van der Waals surface area contributed by atoms with Gasteiger partial charge in [-0.2, -0.15) is 0 Å². The molecule has 0 aromatic heterocycles. The molecule has 152 valence electrons. The molecule has 0 radical (unpaired) electrons. The Labute approximate surface area is 177 Å². The van der Waals surface area contributed by atoms with E-state index in [2.05, 4.69) is 5.32 Å². The molecule has 1 aliphatic heterocycles. The minimum atomic E-state index is 0.00155. The van der Waals surface area contributed by atoms with E-state index in [1.54, 1.807) is 11.8 Å². The van der Waals surface area contributed by atoms with Gasteiger partial charge >= 0.3 is 0 Å². The first-order valence-electron chi connectivity index (χ1n) is 10.6. The molecule has 1 N–H and O–H groups in total. The predicted octanol–water partition coefficient (Wildman–Crippen LogP) is 4.91. The van der Waals surface area contributed by atoms with Crippen LogP contribution < -0.4 is 5.32 Å². The van der Waals surface area contributed by atoms with Crippen molar-refractivity contribution in [2.75, 3.05) is 5.75 Å². The van der Waals surface area contributed by atoms with Crippen molar-refractivity contribution in [3.8, 4) is 0 Å². The van der Waals surface area contributed by atoms with Crippen LogP contribution in [0, 0.1) is 0 Å². The number of amides is 2. The van der Waals surface area contributed by atoms with Crippen molar-refractivity contribution in [2.24, 2.45) is 0 Å². The Morgan fingerprint density at radius 3 is 2.34 bits per heavy atom. The number of benzene rings is 2. The molecule has 0 unspecified atom stereocenters. The molecule has 4 nitrogen and oxygen atoms in total. The van der Waals surface area contributed by atoms with Crippen molar-refractivity contribution < 1.29 is 9.59 Å². The Morgan fingerprint density at radius 1 is 0.966 bits per heavy atom. The normalized spacial score (nSPS) is 20.5. The van der Waals surface area contributed by atoms with Crippen LogP contribution in [0.5, 0.6) is 0 Å². The van der Waals surface area contributed by atoms with Crippen LogP contribution in [0.15, 0.2) is 54.6 Å². The molecule has 1 saturated heterocycles. The van der Waals surface area contributed by atoms with Gasteiger partial charge in [0.25, 0.3) is 5.91 Å². The Kier molecular flexibility index (Phi) is 6.55. The Hall–Kier alpha value is -2.27. The lowest BCUT2D eigenvalue weighted by molar-refractivity contribution is -0.128. The SMILES string of the molecule is O=C(NC1CCCCCC1)c1ccc([C@@H]2SCC(=O)N2Cc2ccccc2)cc1. The van der Waals surface area contributed by atoms with Crippen molar-refractivity contribution in [2.45, 2.75) is 56.5 Å². The Balaban J connectivity index is 1.42. The van der Waals surface area contributed by atoms with Gasteiger partial charge in [0, 0.05) is 18.2 Å². The van der Waals surface area contributed by atoms with E-state index in [4.69, 9.17) is 0 Å². The minimum absolute atomic E-state index is 0.00155. The highest BCUT2D eigenvalue weighted by atomic mass is 32.2. The first kappa shape index (κ1) is 20.0. The van der Waals surface area contributed by atoms with Crippen molar-refractivity contribution in [1.82, 2.24) is 10.2 Å². The fourth-order valence-corrected chi connectivity index (χ4v) is 5.36. The summed E-state index contributed by atoms with van der Waals surface area (Å²) in [5.41, 5.74) is 2.90. The van der Waals surface area contributed by atoms with Crippen LogP contribution in [-0.4, -0.2) is 28.5 Å². The maximum absolute atomic E-state index is 12.6. The van der Waals surface area contributed by atoms with Crippen molar-refractivity contribution in [3.63, 3.8) is 0 Å². The van der Waals surface area contributed by atoms with Crippen LogP contribution in [0.2, 0.25) is 0 Å². The number of hydrogen-bond donors (Lipinski definition) is 1. The molecule has 0 spiro atoms. The molecule has 2 aromatic rings. The van der Waals surface area contributed by atoms with Gasteiger partial charge in [-0.3, -0.25) is 9.59 Å². The average Bonchev–Trinajstić information content (AvgIpc) is 2.93. The number of nitrogens with one attached hydrogen (secondary N) is 1. The number of hydrogen-bond acceptors (Lipinski definition) is 3. The number of thioether (sulfide) groups is 1. The lowest BCUT2D eigenvalue weighted by Crippen LogP contribution is -2.34. The first-order chi connectivity index (χ1) is 14.2. The largest absolute Gasteiger partial charge is 0.349 e. The first-order valence-corrected chi connectivity index (χ1v) is 11.6. The average molecular weight is 409 g/mol. The van der Waals surface area contributed by atoms with E-state index >= 15 is 0 Å². The van der Waals surface area contributed by atoms with Crippen LogP contribution in [0.1, 0.15) is 65.4 Å². The highest BCUT2D eigenvalue weighted by Crippen LogP contribution is 2.39.